The fraction of sp³-hybridized carbons (Fsp3) is 0.357. The third-order valence-electron chi connectivity index (χ3n) is 2.91. The molecule has 1 aliphatic carbocycles. The van der Waals surface area contributed by atoms with Gasteiger partial charge in [-0.05, 0) is 36.1 Å². The highest BCUT2D eigenvalue weighted by atomic mass is 16.5. The van der Waals surface area contributed by atoms with Crippen molar-refractivity contribution < 1.29 is 9.53 Å². The molecular formula is C14H15NO2. The van der Waals surface area contributed by atoms with Crippen LogP contribution in [0.2, 0.25) is 0 Å². The van der Waals surface area contributed by atoms with Crippen LogP contribution in [-0.2, 0) is 11.2 Å². The van der Waals surface area contributed by atoms with Crippen LogP contribution in [-0.4, -0.2) is 12.5 Å². The second-order valence-electron chi connectivity index (χ2n) is 4.13. The molecule has 0 spiro atoms. The Hall–Kier alpha value is -1.79. The zero-order valence-electron chi connectivity index (χ0n) is 9.82. The van der Waals surface area contributed by atoms with Crippen LogP contribution < -0.4 is 10.1 Å². The first kappa shape index (κ1) is 11.7. The molecular weight excluding hydrogens is 214 g/mol. The maximum atomic E-state index is 10.9. The summed E-state index contributed by atoms with van der Waals surface area (Å²) in [6.07, 6.45) is 7.32. The van der Waals surface area contributed by atoms with E-state index in [9.17, 15) is 4.79 Å². The van der Waals surface area contributed by atoms with E-state index in [1.807, 2.05) is 18.2 Å². The molecule has 3 heteroatoms. The maximum Gasteiger partial charge on any atom is 0.308 e. The Balaban J connectivity index is 2.18. The molecule has 88 valence electrons. The van der Waals surface area contributed by atoms with Gasteiger partial charge in [0.15, 0.2) is 0 Å². The number of hydrogen-bond acceptors (Lipinski definition) is 3. The summed E-state index contributed by atoms with van der Waals surface area (Å²) in [6.45, 7) is 1.96. The summed E-state index contributed by atoms with van der Waals surface area (Å²) >= 11 is 0. The number of fused-ring (bicyclic) bond motifs is 1. The average Bonchev–Trinajstić information content (AvgIpc) is 2.68. The smallest absolute Gasteiger partial charge is 0.308 e. The van der Waals surface area contributed by atoms with Gasteiger partial charge >= 0.3 is 5.97 Å². The fourth-order valence-corrected chi connectivity index (χ4v) is 2.20. The lowest BCUT2D eigenvalue weighted by Crippen LogP contribution is -2.19. The Morgan fingerprint density at radius 3 is 3.18 bits per heavy atom. The first-order chi connectivity index (χ1) is 8.20. The van der Waals surface area contributed by atoms with Gasteiger partial charge < -0.3 is 4.74 Å². The zero-order valence-corrected chi connectivity index (χ0v) is 9.82. The van der Waals surface area contributed by atoms with E-state index in [1.165, 1.54) is 18.1 Å². The molecule has 0 heterocycles. The van der Waals surface area contributed by atoms with Gasteiger partial charge in [0.2, 0.25) is 0 Å². The molecule has 3 nitrogen and oxygen atoms in total. The SMILES string of the molecule is C#CCNC1CCc2ccc(OC(C)=O)cc21. The van der Waals surface area contributed by atoms with Gasteiger partial charge in [0, 0.05) is 13.0 Å². The van der Waals surface area contributed by atoms with E-state index in [1.54, 1.807) is 0 Å². The molecule has 0 aromatic heterocycles. The molecule has 1 aromatic rings. The van der Waals surface area contributed by atoms with Crippen LogP contribution in [0.15, 0.2) is 18.2 Å². The van der Waals surface area contributed by atoms with Crippen LogP contribution in [0.4, 0.5) is 0 Å². The van der Waals surface area contributed by atoms with Crippen molar-refractivity contribution in [3.05, 3.63) is 29.3 Å². The molecule has 0 saturated heterocycles. The van der Waals surface area contributed by atoms with Crippen LogP contribution in [0.1, 0.15) is 30.5 Å². The topological polar surface area (TPSA) is 38.3 Å². The Bertz CT molecular complexity index is 474. The molecule has 1 atom stereocenters. The van der Waals surface area contributed by atoms with Crippen molar-refractivity contribution in [2.24, 2.45) is 0 Å². The van der Waals surface area contributed by atoms with Crippen molar-refractivity contribution in [2.45, 2.75) is 25.8 Å². The van der Waals surface area contributed by atoms with Gasteiger partial charge in [-0.15, -0.1) is 6.42 Å². The third-order valence-corrected chi connectivity index (χ3v) is 2.91. The summed E-state index contributed by atoms with van der Waals surface area (Å²) in [5, 5.41) is 3.29. The number of benzene rings is 1. The van der Waals surface area contributed by atoms with E-state index < -0.39 is 0 Å². The number of carbonyl (C=O) groups excluding carboxylic acids is 1. The molecule has 2 rings (SSSR count). The standard InChI is InChI=1S/C14H15NO2/c1-3-8-15-14-7-5-11-4-6-12(9-13(11)14)17-10(2)16/h1,4,6,9,14-15H,5,7-8H2,2H3. The number of esters is 1. The number of terminal acetylenes is 1. The van der Waals surface area contributed by atoms with E-state index in [-0.39, 0.29) is 12.0 Å². The second-order valence-corrected chi connectivity index (χ2v) is 4.13. The van der Waals surface area contributed by atoms with Crippen LogP contribution in [0.25, 0.3) is 0 Å². The minimum Gasteiger partial charge on any atom is -0.427 e. The van der Waals surface area contributed by atoms with Gasteiger partial charge in [-0.25, -0.2) is 0 Å². The summed E-state index contributed by atoms with van der Waals surface area (Å²) in [5.74, 6) is 2.88. The molecule has 0 saturated carbocycles. The molecule has 0 aliphatic heterocycles. The summed E-state index contributed by atoms with van der Waals surface area (Å²) in [5.41, 5.74) is 2.49. The number of hydrogen-bond donors (Lipinski definition) is 1. The van der Waals surface area contributed by atoms with Crippen molar-refractivity contribution in [1.82, 2.24) is 5.32 Å². The number of rotatable bonds is 3. The molecule has 0 fully saturated rings. The van der Waals surface area contributed by atoms with Crippen LogP contribution in [0.3, 0.4) is 0 Å². The van der Waals surface area contributed by atoms with Gasteiger partial charge in [-0.1, -0.05) is 12.0 Å². The minimum absolute atomic E-state index is 0.275. The predicted molar refractivity (Wildman–Crippen MR) is 65.6 cm³/mol. The Labute approximate surface area is 101 Å². The number of nitrogens with one attached hydrogen (secondary N) is 1. The van der Waals surface area contributed by atoms with E-state index in [0.29, 0.717) is 12.3 Å². The van der Waals surface area contributed by atoms with Crippen LogP contribution >= 0.6 is 0 Å². The zero-order chi connectivity index (χ0) is 12.3. The third kappa shape index (κ3) is 2.66. The van der Waals surface area contributed by atoms with Gasteiger partial charge in [0.05, 0.1) is 6.54 Å². The van der Waals surface area contributed by atoms with Gasteiger partial charge in [-0.2, -0.15) is 0 Å². The molecule has 0 amide bonds. The van der Waals surface area contributed by atoms with Crippen molar-refractivity contribution in [3.8, 4) is 18.1 Å². The fourth-order valence-electron chi connectivity index (χ4n) is 2.20. The lowest BCUT2D eigenvalue weighted by Gasteiger charge is -2.12. The monoisotopic (exact) mass is 229 g/mol. The number of aryl methyl sites for hydroxylation is 1. The normalized spacial score (nSPS) is 17.3. The highest BCUT2D eigenvalue weighted by molar-refractivity contribution is 5.69. The molecule has 1 unspecified atom stereocenters. The first-order valence-electron chi connectivity index (χ1n) is 5.69. The predicted octanol–water partition coefficient (Wildman–Crippen LogP) is 1.82. The van der Waals surface area contributed by atoms with Crippen molar-refractivity contribution in [3.63, 3.8) is 0 Å². The van der Waals surface area contributed by atoms with E-state index in [2.05, 4.69) is 11.2 Å². The second kappa shape index (κ2) is 5.03. The summed E-state index contributed by atoms with van der Waals surface area (Å²) < 4.78 is 5.09. The Morgan fingerprint density at radius 2 is 2.47 bits per heavy atom. The Kier molecular flexibility index (Phi) is 3.46. The number of carbonyl (C=O) groups is 1. The summed E-state index contributed by atoms with van der Waals surface area (Å²) in [7, 11) is 0. The van der Waals surface area contributed by atoms with Crippen LogP contribution in [0, 0.1) is 12.3 Å². The van der Waals surface area contributed by atoms with E-state index in [4.69, 9.17) is 11.2 Å². The summed E-state index contributed by atoms with van der Waals surface area (Å²) in [6, 6.07) is 6.06. The van der Waals surface area contributed by atoms with Gasteiger partial charge in [0.25, 0.3) is 0 Å². The average molecular weight is 229 g/mol. The van der Waals surface area contributed by atoms with Crippen LogP contribution in [0.5, 0.6) is 5.75 Å². The molecule has 17 heavy (non-hydrogen) atoms. The van der Waals surface area contributed by atoms with Crippen molar-refractivity contribution >= 4 is 5.97 Å². The van der Waals surface area contributed by atoms with Gasteiger partial charge in [-0.3, -0.25) is 10.1 Å². The van der Waals surface area contributed by atoms with E-state index in [0.717, 1.165) is 12.8 Å². The largest absolute Gasteiger partial charge is 0.427 e. The van der Waals surface area contributed by atoms with Gasteiger partial charge in [0.1, 0.15) is 5.75 Å². The Morgan fingerprint density at radius 1 is 1.65 bits per heavy atom. The van der Waals surface area contributed by atoms with Crippen molar-refractivity contribution in [2.75, 3.05) is 6.54 Å². The molecule has 1 aromatic carbocycles. The van der Waals surface area contributed by atoms with E-state index >= 15 is 0 Å². The highest BCUT2D eigenvalue weighted by Crippen LogP contribution is 2.33. The molecule has 1 N–H and O–H groups in total. The molecule has 1 aliphatic rings. The maximum absolute atomic E-state index is 10.9. The summed E-state index contributed by atoms with van der Waals surface area (Å²) in [4.78, 5) is 10.9. The van der Waals surface area contributed by atoms with Crippen molar-refractivity contribution in [1.29, 1.82) is 0 Å². The lowest BCUT2D eigenvalue weighted by atomic mass is 10.1. The minimum atomic E-state index is -0.295. The highest BCUT2D eigenvalue weighted by Gasteiger charge is 2.22. The lowest BCUT2D eigenvalue weighted by molar-refractivity contribution is -0.131. The number of ether oxygens (including phenoxy) is 1. The quantitative estimate of drug-likeness (QED) is 0.488. The first-order valence-corrected chi connectivity index (χ1v) is 5.69. The molecule has 0 bridgehead atoms. The molecule has 0 radical (unpaired) electrons.